The van der Waals surface area contributed by atoms with Crippen molar-refractivity contribution in [1.82, 2.24) is 10.3 Å². The van der Waals surface area contributed by atoms with Gasteiger partial charge in [0.1, 0.15) is 5.75 Å². The Labute approximate surface area is 156 Å². The molecule has 0 aliphatic rings. The fourth-order valence-electron chi connectivity index (χ4n) is 2.29. The molecule has 152 valence electrons. The Morgan fingerprint density at radius 1 is 1.04 bits per heavy atom. The highest BCUT2D eigenvalue weighted by atomic mass is 19.4. The lowest BCUT2D eigenvalue weighted by Crippen LogP contribution is -2.25. The van der Waals surface area contributed by atoms with Crippen molar-refractivity contribution in [1.29, 1.82) is 0 Å². The average molecular weight is 406 g/mol. The van der Waals surface area contributed by atoms with Crippen molar-refractivity contribution in [3.05, 3.63) is 59.4 Å². The highest BCUT2D eigenvalue weighted by Gasteiger charge is 2.29. The van der Waals surface area contributed by atoms with E-state index in [4.69, 9.17) is 0 Å². The monoisotopic (exact) mass is 406 g/mol. The predicted molar refractivity (Wildman–Crippen MR) is 87.8 cm³/mol. The molecule has 2 aromatic rings. The summed E-state index contributed by atoms with van der Waals surface area (Å²) in [5, 5.41) is 2.49. The van der Waals surface area contributed by atoms with Gasteiger partial charge in [0.2, 0.25) is 0 Å². The van der Waals surface area contributed by atoms with Crippen molar-refractivity contribution in [3.8, 4) is 5.75 Å². The van der Waals surface area contributed by atoms with Gasteiger partial charge >= 0.3 is 12.4 Å². The molecule has 1 amide bonds. The second-order valence-corrected chi connectivity index (χ2v) is 5.84. The van der Waals surface area contributed by atoms with Crippen LogP contribution in [0.25, 0.3) is 0 Å². The van der Waals surface area contributed by atoms with E-state index in [9.17, 15) is 31.1 Å². The Morgan fingerprint density at radius 3 is 2.39 bits per heavy atom. The summed E-state index contributed by atoms with van der Waals surface area (Å²) in [6.45, 7) is -1.57. The van der Waals surface area contributed by atoms with Gasteiger partial charge in [-0.05, 0) is 36.2 Å². The van der Waals surface area contributed by atoms with E-state index in [0.717, 1.165) is 18.2 Å². The zero-order chi connectivity index (χ0) is 20.8. The summed E-state index contributed by atoms with van der Waals surface area (Å²) in [5.41, 5.74) is 0.382. The molecular formula is C18H16F6N2O2. The quantitative estimate of drug-likeness (QED) is 0.692. The van der Waals surface area contributed by atoms with Crippen LogP contribution < -0.4 is 10.1 Å². The van der Waals surface area contributed by atoms with E-state index in [1.165, 1.54) is 6.20 Å². The summed E-state index contributed by atoms with van der Waals surface area (Å²) in [4.78, 5) is 16.4. The van der Waals surface area contributed by atoms with Crippen molar-refractivity contribution >= 4 is 5.91 Å². The second-order valence-electron chi connectivity index (χ2n) is 5.84. The third kappa shape index (κ3) is 7.45. The molecule has 4 nitrogen and oxygen atoms in total. The maximum Gasteiger partial charge on any atom is 0.422 e. The smallest absolute Gasteiger partial charge is 0.422 e. The van der Waals surface area contributed by atoms with Crippen LogP contribution in [0.4, 0.5) is 26.3 Å². The van der Waals surface area contributed by atoms with Crippen LogP contribution in [0.2, 0.25) is 0 Å². The van der Waals surface area contributed by atoms with Crippen LogP contribution in [-0.4, -0.2) is 29.9 Å². The molecule has 0 spiro atoms. The van der Waals surface area contributed by atoms with Gasteiger partial charge in [0.15, 0.2) is 6.61 Å². The molecule has 10 heteroatoms. The Hall–Kier alpha value is -2.78. The number of carbonyl (C=O) groups is 1. The highest BCUT2D eigenvalue weighted by molar-refractivity contribution is 5.96. The minimum atomic E-state index is -4.59. The van der Waals surface area contributed by atoms with Crippen molar-refractivity contribution in [2.75, 3.05) is 6.61 Å². The molecule has 0 atom stereocenters. The van der Waals surface area contributed by atoms with Crippen molar-refractivity contribution < 1.29 is 35.9 Å². The molecule has 0 radical (unpaired) electrons. The number of ether oxygens (including phenoxy) is 1. The SMILES string of the molecule is O=C(NCc1ccccn1)c1cc(OCC(F)(F)F)ccc1CCC(F)(F)F. The first-order valence-electron chi connectivity index (χ1n) is 8.11. The van der Waals surface area contributed by atoms with Crippen LogP contribution in [0.3, 0.4) is 0 Å². The fourth-order valence-corrected chi connectivity index (χ4v) is 2.29. The molecule has 0 unspecified atom stereocenters. The first-order valence-corrected chi connectivity index (χ1v) is 8.11. The number of rotatable bonds is 7. The third-order valence-corrected chi connectivity index (χ3v) is 3.56. The Morgan fingerprint density at radius 2 is 1.79 bits per heavy atom. The Kier molecular flexibility index (Phi) is 6.87. The lowest BCUT2D eigenvalue weighted by molar-refractivity contribution is -0.153. The number of nitrogens with one attached hydrogen (secondary N) is 1. The summed E-state index contributed by atoms with van der Waals surface area (Å²) in [7, 11) is 0. The summed E-state index contributed by atoms with van der Waals surface area (Å²) in [6, 6.07) is 8.26. The molecule has 2 rings (SSSR count). The van der Waals surface area contributed by atoms with Gasteiger partial charge in [0, 0.05) is 18.2 Å². The van der Waals surface area contributed by atoms with Crippen molar-refractivity contribution in [3.63, 3.8) is 0 Å². The largest absolute Gasteiger partial charge is 0.484 e. The van der Waals surface area contributed by atoms with Crippen LogP contribution in [0.5, 0.6) is 5.75 Å². The number of hydrogen-bond acceptors (Lipinski definition) is 3. The molecule has 1 aromatic heterocycles. The number of hydrogen-bond donors (Lipinski definition) is 1. The molecular weight excluding hydrogens is 390 g/mol. The van der Waals surface area contributed by atoms with Crippen LogP contribution >= 0.6 is 0 Å². The predicted octanol–water partition coefficient (Wildman–Crippen LogP) is 4.45. The van der Waals surface area contributed by atoms with Crippen LogP contribution in [0, 0.1) is 0 Å². The lowest BCUT2D eigenvalue weighted by Gasteiger charge is -2.14. The minimum absolute atomic E-state index is 0.00597. The highest BCUT2D eigenvalue weighted by Crippen LogP contribution is 2.26. The van der Waals surface area contributed by atoms with Crippen LogP contribution in [-0.2, 0) is 13.0 Å². The van der Waals surface area contributed by atoms with Gasteiger partial charge in [-0.1, -0.05) is 12.1 Å². The standard InChI is InChI=1S/C18H16F6N2O2/c19-17(20,21)7-6-12-4-5-14(28-11-18(22,23)24)9-15(12)16(27)26-10-13-3-1-2-8-25-13/h1-5,8-9H,6-7,10-11H2,(H,26,27). The zero-order valence-corrected chi connectivity index (χ0v) is 14.4. The molecule has 0 saturated heterocycles. The number of benzene rings is 1. The lowest BCUT2D eigenvalue weighted by atomic mass is 10.0. The van der Waals surface area contributed by atoms with Gasteiger partial charge in [0.05, 0.1) is 12.2 Å². The topological polar surface area (TPSA) is 51.2 Å². The fraction of sp³-hybridized carbons (Fsp3) is 0.333. The number of amides is 1. The number of aryl methyl sites for hydroxylation is 1. The van der Waals surface area contributed by atoms with Gasteiger partial charge in [-0.15, -0.1) is 0 Å². The van der Waals surface area contributed by atoms with Gasteiger partial charge in [-0.25, -0.2) is 0 Å². The number of halogens is 6. The summed E-state index contributed by atoms with van der Waals surface area (Å²) >= 11 is 0. The van der Waals surface area contributed by atoms with Crippen LogP contribution in [0.15, 0.2) is 42.6 Å². The third-order valence-electron chi connectivity index (χ3n) is 3.56. The molecule has 1 N–H and O–H groups in total. The van der Waals surface area contributed by atoms with Gasteiger partial charge < -0.3 is 10.1 Å². The number of carbonyl (C=O) groups excluding carboxylic acids is 1. The van der Waals surface area contributed by atoms with E-state index in [-0.39, 0.29) is 23.4 Å². The van der Waals surface area contributed by atoms with Gasteiger partial charge in [-0.2, -0.15) is 26.3 Å². The molecule has 0 bridgehead atoms. The molecule has 1 heterocycles. The van der Waals surface area contributed by atoms with Gasteiger partial charge in [0.25, 0.3) is 5.91 Å². The molecule has 0 saturated carbocycles. The molecule has 28 heavy (non-hydrogen) atoms. The maximum absolute atomic E-state index is 12.5. The average Bonchev–Trinajstić information content (AvgIpc) is 2.62. The van der Waals surface area contributed by atoms with E-state index in [0.29, 0.717) is 5.69 Å². The second kappa shape index (κ2) is 8.94. The molecule has 1 aromatic carbocycles. The van der Waals surface area contributed by atoms with Gasteiger partial charge in [-0.3, -0.25) is 9.78 Å². The normalized spacial score (nSPS) is 11.9. The molecule has 0 fully saturated rings. The van der Waals surface area contributed by atoms with E-state index in [2.05, 4.69) is 15.0 Å². The van der Waals surface area contributed by atoms with E-state index >= 15 is 0 Å². The Bertz CT molecular complexity index is 791. The number of alkyl halides is 6. The van der Waals surface area contributed by atoms with E-state index < -0.39 is 37.7 Å². The summed E-state index contributed by atoms with van der Waals surface area (Å²) < 4.78 is 79.0. The molecule has 0 aliphatic carbocycles. The Balaban J connectivity index is 2.18. The van der Waals surface area contributed by atoms with Crippen molar-refractivity contribution in [2.45, 2.75) is 31.7 Å². The van der Waals surface area contributed by atoms with Crippen LogP contribution in [0.1, 0.15) is 28.0 Å². The zero-order valence-electron chi connectivity index (χ0n) is 14.4. The number of nitrogens with zero attached hydrogens (tertiary/aromatic N) is 1. The summed E-state index contributed by atoms with van der Waals surface area (Å²) in [6.07, 6.45) is -9.18. The first kappa shape index (κ1) is 21.5. The number of aromatic nitrogens is 1. The van der Waals surface area contributed by atoms with E-state index in [1.807, 2.05) is 0 Å². The number of pyridine rings is 1. The summed E-state index contributed by atoms with van der Waals surface area (Å²) in [5.74, 6) is -1.00. The maximum atomic E-state index is 12.5. The molecule has 0 aliphatic heterocycles. The minimum Gasteiger partial charge on any atom is -0.484 e. The van der Waals surface area contributed by atoms with E-state index in [1.54, 1.807) is 18.2 Å². The first-order chi connectivity index (χ1) is 13.0. The van der Waals surface area contributed by atoms with Crippen molar-refractivity contribution in [2.24, 2.45) is 0 Å².